The molecule has 10 heteroatoms. The Kier molecular flexibility index (Phi) is 5.20. The molecule has 7 nitrogen and oxygen atoms in total. The largest absolute Gasteiger partial charge is 0.489 e. The fraction of sp³-hybridized carbons (Fsp3) is 0.125. The number of carbonyl (C=O) groups excluding carboxylic acids is 1. The molecule has 0 radical (unpaired) electrons. The third-order valence-corrected chi connectivity index (χ3v) is 5.33. The van der Waals surface area contributed by atoms with E-state index in [-0.39, 0.29) is 23.8 Å². The third-order valence-electron chi connectivity index (χ3n) is 5.33. The van der Waals surface area contributed by atoms with E-state index >= 15 is 0 Å². The molecule has 172 valence electrons. The van der Waals surface area contributed by atoms with E-state index in [1.54, 1.807) is 30.5 Å². The smallest absolute Gasteiger partial charge is 0.416 e. The summed E-state index contributed by atoms with van der Waals surface area (Å²) in [6.07, 6.45) is -2.81. The predicted molar refractivity (Wildman–Crippen MR) is 120 cm³/mol. The fourth-order valence-electron chi connectivity index (χ4n) is 3.65. The van der Waals surface area contributed by atoms with Crippen molar-refractivity contribution < 1.29 is 22.7 Å². The molecule has 2 N–H and O–H groups in total. The number of hydrogen-bond donors (Lipinski definition) is 2. The topological polar surface area (TPSA) is 84.3 Å². The Balaban J connectivity index is 1.32. The lowest BCUT2D eigenvalue weighted by molar-refractivity contribution is -0.138. The second-order valence-electron chi connectivity index (χ2n) is 7.68. The van der Waals surface area contributed by atoms with Gasteiger partial charge >= 0.3 is 6.18 Å². The molecule has 34 heavy (non-hydrogen) atoms. The molecule has 5 aromatic rings. The number of alkyl halides is 3. The number of pyridine rings is 1. The van der Waals surface area contributed by atoms with Crippen LogP contribution in [0.2, 0.25) is 0 Å². The average molecular weight is 465 g/mol. The number of halogens is 3. The van der Waals surface area contributed by atoms with Gasteiger partial charge in [-0.25, -0.2) is 9.97 Å². The molecule has 3 aromatic heterocycles. The standard InChI is InChI=1S/C24H18F3N5O2/c1-14-5-4-8-21-28-20(12-32(14)21)22(33)31-23-29-18-10-9-16(11-19(18)30-23)34-13-15-6-2-3-7-17(15)24(25,26)27/h2-12H,13H2,1H3,(H2,29,30,31,33). The molecule has 0 aliphatic heterocycles. The van der Waals surface area contributed by atoms with E-state index in [9.17, 15) is 18.0 Å². The molecule has 1 amide bonds. The normalized spacial score (nSPS) is 11.8. The molecule has 2 aromatic carbocycles. The van der Waals surface area contributed by atoms with Gasteiger partial charge in [0, 0.05) is 23.5 Å². The summed E-state index contributed by atoms with van der Waals surface area (Å²) in [6, 6.07) is 15.7. The van der Waals surface area contributed by atoms with Crippen LogP contribution in [0.3, 0.4) is 0 Å². The lowest BCUT2D eigenvalue weighted by Crippen LogP contribution is -2.13. The van der Waals surface area contributed by atoms with E-state index in [1.165, 1.54) is 18.2 Å². The monoisotopic (exact) mass is 465 g/mol. The van der Waals surface area contributed by atoms with Gasteiger partial charge < -0.3 is 14.1 Å². The molecule has 0 aliphatic carbocycles. The quantitative estimate of drug-likeness (QED) is 0.366. The molecule has 0 saturated carbocycles. The highest BCUT2D eigenvalue weighted by Crippen LogP contribution is 2.32. The third kappa shape index (κ3) is 4.17. The summed E-state index contributed by atoms with van der Waals surface area (Å²) in [5.74, 6) is 0.139. The number of rotatable bonds is 5. The molecular formula is C24H18F3N5O2. The van der Waals surface area contributed by atoms with Gasteiger partial charge in [0.1, 0.15) is 23.7 Å². The average Bonchev–Trinajstić information content (AvgIpc) is 3.41. The van der Waals surface area contributed by atoms with Gasteiger partial charge in [-0.15, -0.1) is 0 Å². The number of aryl methyl sites for hydroxylation is 1. The number of fused-ring (bicyclic) bond motifs is 2. The Hall–Kier alpha value is -4.34. The number of anilines is 1. The molecule has 0 aliphatic rings. The molecule has 0 spiro atoms. The number of benzene rings is 2. The zero-order valence-electron chi connectivity index (χ0n) is 17.8. The number of amides is 1. The van der Waals surface area contributed by atoms with Gasteiger partial charge in [-0.1, -0.05) is 24.3 Å². The van der Waals surface area contributed by atoms with Gasteiger partial charge in [0.15, 0.2) is 0 Å². The van der Waals surface area contributed by atoms with Crippen LogP contribution >= 0.6 is 0 Å². The minimum Gasteiger partial charge on any atom is -0.489 e. The first-order valence-electron chi connectivity index (χ1n) is 10.3. The summed E-state index contributed by atoms with van der Waals surface area (Å²) in [5, 5.41) is 2.68. The number of nitrogens with one attached hydrogen (secondary N) is 2. The molecule has 0 fully saturated rings. The minimum atomic E-state index is -4.46. The Morgan fingerprint density at radius 3 is 2.71 bits per heavy atom. The summed E-state index contributed by atoms with van der Waals surface area (Å²) in [7, 11) is 0. The molecule has 0 unspecified atom stereocenters. The number of nitrogens with zero attached hydrogens (tertiary/aromatic N) is 3. The highest BCUT2D eigenvalue weighted by molar-refractivity contribution is 6.03. The number of carbonyl (C=O) groups is 1. The second kappa shape index (κ2) is 8.22. The van der Waals surface area contributed by atoms with Crippen LogP contribution in [0.1, 0.15) is 27.3 Å². The van der Waals surface area contributed by atoms with Crippen molar-refractivity contribution in [3.63, 3.8) is 0 Å². The lowest BCUT2D eigenvalue weighted by atomic mass is 10.1. The molecule has 0 saturated heterocycles. The number of aromatic amines is 1. The van der Waals surface area contributed by atoms with Gasteiger partial charge in [0.2, 0.25) is 5.95 Å². The van der Waals surface area contributed by atoms with E-state index < -0.39 is 17.6 Å². The summed E-state index contributed by atoms with van der Waals surface area (Å²) >= 11 is 0. The summed E-state index contributed by atoms with van der Waals surface area (Å²) in [6.45, 7) is 1.67. The zero-order valence-corrected chi connectivity index (χ0v) is 17.8. The van der Waals surface area contributed by atoms with Gasteiger partial charge in [-0.3, -0.25) is 10.1 Å². The molecule has 0 atom stereocenters. The van der Waals surface area contributed by atoms with Crippen molar-refractivity contribution in [1.82, 2.24) is 19.4 Å². The van der Waals surface area contributed by atoms with E-state index in [4.69, 9.17) is 4.74 Å². The summed E-state index contributed by atoms with van der Waals surface area (Å²) in [5.41, 5.74) is 2.26. The van der Waals surface area contributed by atoms with Crippen LogP contribution in [0, 0.1) is 6.92 Å². The van der Waals surface area contributed by atoms with Crippen LogP contribution in [0.5, 0.6) is 5.75 Å². The first-order valence-corrected chi connectivity index (χ1v) is 10.3. The van der Waals surface area contributed by atoms with Gasteiger partial charge in [0.05, 0.1) is 16.6 Å². The Morgan fingerprint density at radius 1 is 1.09 bits per heavy atom. The van der Waals surface area contributed by atoms with Crippen molar-refractivity contribution in [3.8, 4) is 5.75 Å². The van der Waals surface area contributed by atoms with Crippen molar-refractivity contribution in [3.05, 3.63) is 89.4 Å². The van der Waals surface area contributed by atoms with Gasteiger partial charge in [0.25, 0.3) is 5.91 Å². The van der Waals surface area contributed by atoms with Crippen LogP contribution in [0.25, 0.3) is 16.7 Å². The van der Waals surface area contributed by atoms with Crippen molar-refractivity contribution in [2.45, 2.75) is 19.7 Å². The zero-order chi connectivity index (χ0) is 23.9. The maximum absolute atomic E-state index is 13.2. The minimum absolute atomic E-state index is 0.0350. The fourth-order valence-corrected chi connectivity index (χ4v) is 3.65. The summed E-state index contributed by atoms with van der Waals surface area (Å²) < 4.78 is 46.9. The van der Waals surface area contributed by atoms with E-state index in [1.807, 2.05) is 23.5 Å². The molecule has 0 bridgehead atoms. The Labute approximate surface area is 191 Å². The molecular weight excluding hydrogens is 447 g/mol. The van der Waals surface area contributed by atoms with E-state index in [2.05, 4.69) is 20.3 Å². The Bertz CT molecular complexity index is 1520. The first kappa shape index (κ1) is 21.5. The SMILES string of the molecule is Cc1cccc2nc(C(=O)Nc3nc4cc(OCc5ccccc5C(F)(F)F)ccc4[nH]3)cn12. The van der Waals surface area contributed by atoms with Crippen LogP contribution in [0.15, 0.2) is 66.9 Å². The Morgan fingerprint density at radius 2 is 1.91 bits per heavy atom. The maximum atomic E-state index is 13.2. The lowest BCUT2D eigenvalue weighted by Gasteiger charge is -2.13. The van der Waals surface area contributed by atoms with Crippen LogP contribution in [-0.2, 0) is 12.8 Å². The highest BCUT2D eigenvalue weighted by atomic mass is 19.4. The van der Waals surface area contributed by atoms with Crippen molar-refractivity contribution >= 4 is 28.5 Å². The summed E-state index contributed by atoms with van der Waals surface area (Å²) in [4.78, 5) is 24.3. The maximum Gasteiger partial charge on any atom is 0.416 e. The van der Waals surface area contributed by atoms with Gasteiger partial charge in [-0.05, 0) is 37.3 Å². The molecule has 5 rings (SSSR count). The number of hydrogen-bond acceptors (Lipinski definition) is 4. The number of aromatic nitrogens is 4. The highest BCUT2D eigenvalue weighted by Gasteiger charge is 2.33. The second-order valence-corrected chi connectivity index (χ2v) is 7.68. The predicted octanol–water partition coefficient (Wildman–Crippen LogP) is 5.37. The van der Waals surface area contributed by atoms with Crippen molar-refractivity contribution in [2.75, 3.05) is 5.32 Å². The number of imidazole rings is 2. The van der Waals surface area contributed by atoms with Crippen LogP contribution < -0.4 is 10.1 Å². The number of H-pyrrole nitrogens is 1. The van der Waals surface area contributed by atoms with Crippen LogP contribution in [-0.4, -0.2) is 25.3 Å². The van der Waals surface area contributed by atoms with Crippen molar-refractivity contribution in [2.24, 2.45) is 0 Å². The van der Waals surface area contributed by atoms with E-state index in [0.29, 0.717) is 22.4 Å². The van der Waals surface area contributed by atoms with Crippen LogP contribution in [0.4, 0.5) is 19.1 Å². The van der Waals surface area contributed by atoms with E-state index in [0.717, 1.165) is 11.8 Å². The van der Waals surface area contributed by atoms with Gasteiger partial charge in [-0.2, -0.15) is 13.2 Å². The number of ether oxygens (including phenoxy) is 1. The first-order chi connectivity index (χ1) is 16.3. The van der Waals surface area contributed by atoms with Crippen molar-refractivity contribution in [1.29, 1.82) is 0 Å². The molecule has 3 heterocycles.